The van der Waals surface area contributed by atoms with Crippen molar-refractivity contribution in [2.45, 2.75) is 37.7 Å². The van der Waals surface area contributed by atoms with Crippen molar-refractivity contribution in [1.82, 2.24) is 9.97 Å². The number of carbonyl (C=O) groups is 1. The number of nitrogens with zero attached hydrogens (tertiary/aromatic N) is 2. The molecule has 1 aromatic rings. The van der Waals surface area contributed by atoms with Crippen molar-refractivity contribution >= 4 is 6.29 Å². The fraction of sp³-hybridized carbons (Fsp3) is 0.583. The van der Waals surface area contributed by atoms with Gasteiger partial charge in [0.15, 0.2) is 12.1 Å². The molecule has 1 saturated carbocycles. The number of carbonyl (C=O) groups excluding carboxylic acids is 1. The van der Waals surface area contributed by atoms with Crippen LogP contribution in [-0.4, -0.2) is 23.4 Å². The quantitative estimate of drug-likeness (QED) is 0.732. The first-order valence-electron chi connectivity index (χ1n) is 5.64. The van der Waals surface area contributed by atoms with Gasteiger partial charge < -0.3 is 4.74 Å². The zero-order valence-corrected chi connectivity index (χ0v) is 9.48. The summed E-state index contributed by atoms with van der Waals surface area (Å²) in [5, 5.41) is 0. The molecule has 0 N–H and O–H groups in total. The largest absolute Gasteiger partial charge is 0.370 e. The Hall–Kier alpha value is -1.29. The van der Waals surface area contributed by atoms with Crippen LogP contribution in [0.4, 0.5) is 0 Å². The molecule has 86 valence electrons. The van der Waals surface area contributed by atoms with Gasteiger partial charge in [-0.25, -0.2) is 9.97 Å². The Kier molecular flexibility index (Phi) is 3.29. The molecule has 4 nitrogen and oxygen atoms in total. The lowest BCUT2D eigenvalue weighted by Gasteiger charge is -2.34. The molecule has 1 fully saturated rings. The van der Waals surface area contributed by atoms with E-state index in [9.17, 15) is 4.79 Å². The van der Waals surface area contributed by atoms with Crippen molar-refractivity contribution in [3.8, 4) is 0 Å². The van der Waals surface area contributed by atoms with E-state index in [0.29, 0.717) is 11.5 Å². The van der Waals surface area contributed by atoms with E-state index in [4.69, 9.17) is 4.74 Å². The summed E-state index contributed by atoms with van der Waals surface area (Å²) in [6, 6.07) is 1.61. The summed E-state index contributed by atoms with van der Waals surface area (Å²) in [7, 11) is 1.70. The average Bonchev–Trinajstić information content (AvgIpc) is 2.39. The number of aromatic nitrogens is 2. The highest BCUT2D eigenvalue weighted by atomic mass is 16.5. The SMILES string of the molecule is COC1(c2nccc(C=O)n2)CCCCC1. The van der Waals surface area contributed by atoms with Crippen LogP contribution in [0, 0.1) is 0 Å². The van der Waals surface area contributed by atoms with E-state index in [0.717, 1.165) is 32.0 Å². The molecular formula is C12H16N2O2. The molecule has 0 aromatic carbocycles. The number of hydrogen-bond donors (Lipinski definition) is 0. The van der Waals surface area contributed by atoms with Crippen molar-refractivity contribution < 1.29 is 9.53 Å². The van der Waals surface area contributed by atoms with Crippen LogP contribution < -0.4 is 0 Å². The van der Waals surface area contributed by atoms with Crippen molar-refractivity contribution in [2.24, 2.45) is 0 Å². The first-order chi connectivity index (χ1) is 7.80. The highest BCUT2D eigenvalue weighted by molar-refractivity contribution is 5.71. The normalized spacial score (nSPS) is 19.3. The Bertz CT molecular complexity index is 373. The second-order valence-corrected chi connectivity index (χ2v) is 4.18. The van der Waals surface area contributed by atoms with E-state index in [1.807, 2.05) is 0 Å². The van der Waals surface area contributed by atoms with Gasteiger partial charge in [0.25, 0.3) is 0 Å². The molecule has 4 heteroatoms. The molecule has 0 radical (unpaired) electrons. The molecule has 2 rings (SSSR count). The van der Waals surface area contributed by atoms with E-state index >= 15 is 0 Å². The summed E-state index contributed by atoms with van der Waals surface area (Å²) in [4.78, 5) is 19.2. The third kappa shape index (κ3) is 1.97. The summed E-state index contributed by atoms with van der Waals surface area (Å²) in [6.07, 6.45) is 7.74. The standard InChI is InChI=1S/C12H16N2O2/c1-16-12(6-3-2-4-7-12)11-13-8-5-10(9-15)14-11/h5,8-9H,2-4,6-7H2,1H3. The van der Waals surface area contributed by atoms with Crippen LogP contribution in [0.1, 0.15) is 48.4 Å². The lowest BCUT2D eigenvalue weighted by atomic mass is 9.84. The van der Waals surface area contributed by atoms with Crippen LogP contribution in [0.3, 0.4) is 0 Å². The zero-order chi connectivity index (χ0) is 11.4. The highest BCUT2D eigenvalue weighted by Gasteiger charge is 2.36. The van der Waals surface area contributed by atoms with E-state index in [1.54, 1.807) is 19.4 Å². The Morgan fingerprint density at radius 2 is 2.12 bits per heavy atom. The van der Waals surface area contributed by atoms with Crippen LogP contribution in [0.5, 0.6) is 0 Å². The molecule has 0 atom stereocenters. The van der Waals surface area contributed by atoms with Crippen molar-refractivity contribution in [1.29, 1.82) is 0 Å². The van der Waals surface area contributed by atoms with Crippen LogP contribution in [0.2, 0.25) is 0 Å². The Labute approximate surface area is 95.1 Å². The molecule has 1 aromatic heterocycles. The molecule has 0 saturated heterocycles. The van der Waals surface area contributed by atoms with Gasteiger partial charge in [0, 0.05) is 13.3 Å². The Morgan fingerprint density at radius 3 is 2.75 bits per heavy atom. The van der Waals surface area contributed by atoms with Crippen LogP contribution in [-0.2, 0) is 10.3 Å². The molecular weight excluding hydrogens is 204 g/mol. The molecule has 1 aliphatic rings. The summed E-state index contributed by atoms with van der Waals surface area (Å²) in [5.41, 5.74) is 0.0454. The number of methoxy groups -OCH3 is 1. The highest BCUT2D eigenvalue weighted by Crippen LogP contribution is 2.37. The van der Waals surface area contributed by atoms with Crippen molar-refractivity contribution in [3.05, 3.63) is 23.8 Å². The van der Waals surface area contributed by atoms with Crippen LogP contribution in [0.25, 0.3) is 0 Å². The van der Waals surface area contributed by atoms with Gasteiger partial charge in [0.05, 0.1) is 0 Å². The van der Waals surface area contributed by atoms with Gasteiger partial charge in [-0.15, -0.1) is 0 Å². The smallest absolute Gasteiger partial charge is 0.168 e. The fourth-order valence-electron chi connectivity index (χ4n) is 2.30. The topological polar surface area (TPSA) is 52.1 Å². The predicted octanol–water partition coefficient (Wildman–Crippen LogP) is 2.09. The van der Waals surface area contributed by atoms with Crippen LogP contribution >= 0.6 is 0 Å². The van der Waals surface area contributed by atoms with E-state index in [1.165, 1.54) is 6.42 Å². The van der Waals surface area contributed by atoms with Crippen molar-refractivity contribution in [2.75, 3.05) is 7.11 Å². The summed E-state index contributed by atoms with van der Waals surface area (Å²) >= 11 is 0. The molecule has 1 aliphatic carbocycles. The van der Waals surface area contributed by atoms with E-state index in [2.05, 4.69) is 9.97 Å². The third-order valence-corrected chi connectivity index (χ3v) is 3.26. The molecule has 1 heterocycles. The second-order valence-electron chi connectivity index (χ2n) is 4.18. The predicted molar refractivity (Wildman–Crippen MR) is 59.2 cm³/mol. The van der Waals surface area contributed by atoms with Gasteiger partial charge in [-0.1, -0.05) is 19.3 Å². The molecule has 0 aliphatic heterocycles. The van der Waals surface area contributed by atoms with Crippen molar-refractivity contribution in [3.63, 3.8) is 0 Å². The van der Waals surface area contributed by atoms with Gasteiger partial charge in [0.1, 0.15) is 11.3 Å². The lowest BCUT2D eigenvalue weighted by Crippen LogP contribution is -2.33. The van der Waals surface area contributed by atoms with E-state index in [-0.39, 0.29) is 5.60 Å². The minimum atomic E-state index is -0.378. The Balaban J connectivity index is 2.34. The Morgan fingerprint density at radius 1 is 1.38 bits per heavy atom. The molecule has 0 spiro atoms. The second kappa shape index (κ2) is 4.70. The molecule has 16 heavy (non-hydrogen) atoms. The maximum atomic E-state index is 10.7. The summed E-state index contributed by atoms with van der Waals surface area (Å²) in [6.45, 7) is 0. The monoisotopic (exact) mass is 220 g/mol. The minimum absolute atomic E-state index is 0.378. The number of rotatable bonds is 3. The van der Waals surface area contributed by atoms with Gasteiger partial charge in [0.2, 0.25) is 0 Å². The lowest BCUT2D eigenvalue weighted by molar-refractivity contribution is -0.0515. The molecule has 0 bridgehead atoms. The van der Waals surface area contributed by atoms with Gasteiger partial charge >= 0.3 is 0 Å². The summed E-state index contributed by atoms with van der Waals surface area (Å²) < 4.78 is 5.62. The first-order valence-corrected chi connectivity index (χ1v) is 5.64. The van der Waals surface area contributed by atoms with E-state index < -0.39 is 0 Å². The first kappa shape index (κ1) is 11.2. The third-order valence-electron chi connectivity index (χ3n) is 3.26. The van der Waals surface area contributed by atoms with Gasteiger partial charge in [-0.3, -0.25) is 4.79 Å². The average molecular weight is 220 g/mol. The number of aldehydes is 1. The molecule has 0 amide bonds. The number of ether oxygens (including phenoxy) is 1. The van der Waals surface area contributed by atoms with Gasteiger partial charge in [-0.2, -0.15) is 0 Å². The maximum Gasteiger partial charge on any atom is 0.168 e. The number of hydrogen-bond acceptors (Lipinski definition) is 4. The minimum Gasteiger partial charge on any atom is -0.370 e. The zero-order valence-electron chi connectivity index (χ0n) is 9.48. The van der Waals surface area contributed by atoms with Crippen LogP contribution in [0.15, 0.2) is 12.3 Å². The van der Waals surface area contributed by atoms with Gasteiger partial charge in [-0.05, 0) is 18.9 Å². The maximum absolute atomic E-state index is 10.7. The fourth-order valence-corrected chi connectivity index (χ4v) is 2.30. The molecule has 0 unspecified atom stereocenters. The summed E-state index contributed by atoms with van der Waals surface area (Å²) in [5.74, 6) is 0.652.